The van der Waals surface area contributed by atoms with Gasteiger partial charge in [-0.1, -0.05) is 55.2 Å². The molecule has 112 valence electrons. The Labute approximate surface area is 141 Å². The van der Waals surface area contributed by atoms with E-state index in [-0.39, 0.29) is 0 Å². The van der Waals surface area contributed by atoms with E-state index < -0.39 is 0 Å². The zero-order valence-electron chi connectivity index (χ0n) is 12.2. The van der Waals surface area contributed by atoms with Crippen molar-refractivity contribution in [3.63, 3.8) is 0 Å². The van der Waals surface area contributed by atoms with Gasteiger partial charge in [0, 0.05) is 33.3 Å². The minimum Gasteiger partial charge on any atom is -0.310 e. The van der Waals surface area contributed by atoms with Crippen LogP contribution in [-0.4, -0.2) is 6.04 Å². The van der Waals surface area contributed by atoms with E-state index in [9.17, 15) is 0 Å². The molecule has 0 radical (unpaired) electrons. The first-order valence-corrected chi connectivity index (χ1v) is 8.68. The standard InChI is InChI=1S/C17H19Cl2NS/c1-12(2)20-10-13-5-3-6-14(9-13)21-11-15-16(18)7-4-8-17(15)19/h3-9,12,20H,10-11H2,1-2H3. The Morgan fingerprint density at radius 3 is 2.38 bits per heavy atom. The van der Waals surface area contributed by atoms with Gasteiger partial charge in [-0.05, 0) is 35.4 Å². The van der Waals surface area contributed by atoms with E-state index in [1.54, 1.807) is 11.8 Å². The number of hydrogen-bond acceptors (Lipinski definition) is 2. The molecule has 2 rings (SSSR count). The molecule has 0 spiro atoms. The van der Waals surface area contributed by atoms with E-state index in [4.69, 9.17) is 23.2 Å². The summed E-state index contributed by atoms with van der Waals surface area (Å²) < 4.78 is 0. The highest BCUT2D eigenvalue weighted by molar-refractivity contribution is 7.98. The molecule has 0 unspecified atom stereocenters. The molecule has 0 saturated heterocycles. The van der Waals surface area contributed by atoms with Crippen LogP contribution in [0.15, 0.2) is 47.4 Å². The van der Waals surface area contributed by atoms with Crippen molar-refractivity contribution >= 4 is 35.0 Å². The highest BCUT2D eigenvalue weighted by Gasteiger charge is 2.06. The molecule has 21 heavy (non-hydrogen) atoms. The summed E-state index contributed by atoms with van der Waals surface area (Å²) in [4.78, 5) is 1.23. The zero-order chi connectivity index (χ0) is 15.2. The molecule has 0 aliphatic rings. The lowest BCUT2D eigenvalue weighted by molar-refractivity contribution is 0.588. The van der Waals surface area contributed by atoms with Gasteiger partial charge in [0.05, 0.1) is 0 Å². The summed E-state index contributed by atoms with van der Waals surface area (Å²) in [7, 11) is 0. The van der Waals surface area contributed by atoms with E-state index in [1.807, 2.05) is 18.2 Å². The van der Waals surface area contributed by atoms with Crippen LogP contribution in [0.5, 0.6) is 0 Å². The lowest BCUT2D eigenvalue weighted by atomic mass is 10.2. The van der Waals surface area contributed by atoms with Gasteiger partial charge in [0.2, 0.25) is 0 Å². The van der Waals surface area contributed by atoms with Gasteiger partial charge in [0.15, 0.2) is 0 Å². The molecule has 0 atom stereocenters. The first-order chi connectivity index (χ1) is 10.1. The summed E-state index contributed by atoms with van der Waals surface area (Å²) in [6.07, 6.45) is 0. The van der Waals surface area contributed by atoms with Crippen LogP contribution in [0.2, 0.25) is 10.0 Å². The third kappa shape index (κ3) is 5.23. The van der Waals surface area contributed by atoms with Gasteiger partial charge >= 0.3 is 0 Å². The SMILES string of the molecule is CC(C)NCc1cccc(SCc2c(Cl)cccc2Cl)c1. The molecule has 0 amide bonds. The molecule has 0 heterocycles. The first-order valence-electron chi connectivity index (χ1n) is 6.94. The third-order valence-electron chi connectivity index (χ3n) is 3.06. The Balaban J connectivity index is 2.01. The first kappa shape index (κ1) is 16.7. The lowest BCUT2D eigenvalue weighted by Crippen LogP contribution is -2.21. The molecule has 0 aliphatic carbocycles. The average Bonchev–Trinajstić information content (AvgIpc) is 2.45. The Morgan fingerprint density at radius 1 is 1.05 bits per heavy atom. The van der Waals surface area contributed by atoms with E-state index in [0.29, 0.717) is 6.04 Å². The largest absolute Gasteiger partial charge is 0.310 e. The monoisotopic (exact) mass is 339 g/mol. The minimum absolute atomic E-state index is 0.489. The van der Waals surface area contributed by atoms with E-state index >= 15 is 0 Å². The van der Waals surface area contributed by atoms with Crippen LogP contribution < -0.4 is 5.32 Å². The van der Waals surface area contributed by atoms with Gasteiger partial charge in [0.1, 0.15) is 0 Å². The molecule has 0 fully saturated rings. The molecule has 1 nitrogen and oxygen atoms in total. The summed E-state index contributed by atoms with van der Waals surface area (Å²) in [6, 6.07) is 14.7. The number of thioether (sulfide) groups is 1. The summed E-state index contributed by atoms with van der Waals surface area (Å²) >= 11 is 14.2. The maximum absolute atomic E-state index is 6.20. The smallest absolute Gasteiger partial charge is 0.0461 e. The topological polar surface area (TPSA) is 12.0 Å². The number of hydrogen-bond donors (Lipinski definition) is 1. The van der Waals surface area contributed by atoms with Crippen molar-refractivity contribution < 1.29 is 0 Å². The molecule has 4 heteroatoms. The molecule has 0 aromatic heterocycles. The Morgan fingerprint density at radius 2 is 1.71 bits per heavy atom. The molecular weight excluding hydrogens is 321 g/mol. The highest BCUT2D eigenvalue weighted by Crippen LogP contribution is 2.31. The van der Waals surface area contributed by atoms with Gasteiger partial charge in [-0.3, -0.25) is 0 Å². The van der Waals surface area contributed by atoms with Crippen LogP contribution in [0.1, 0.15) is 25.0 Å². The van der Waals surface area contributed by atoms with Crippen LogP contribution in [0.4, 0.5) is 0 Å². The fourth-order valence-electron chi connectivity index (χ4n) is 1.89. The molecule has 0 aliphatic heterocycles. The van der Waals surface area contributed by atoms with Crippen molar-refractivity contribution in [2.75, 3.05) is 0 Å². The Bertz CT molecular complexity index is 579. The fourth-order valence-corrected chi connectivity index (χ4v) is 3.61. The summed E-state index contributed by atoms with van der Waals surface area (Å²) in [6.45, 7) is 5.19. The third-order valence-corrected chi connectivity index (χ3v) is 4.79. The minimum atomic E-state index is 0.489. The normalized spacial score (nSPS) is 11.1. The summed E-state index contributed by atoms with van der Waals surface area (Å²) in [5.74, 6) is 0.777. The predicted octanol–water partition coefficient (Wildman–Crippen LogP) is 5.78. The second kappa shape index (κ2) is 8.09. The van der Waals surface area contributed by atoms with Crippen LogP contribution in [0.3, 0.4) is 0 Å². The number of rotatable bonds is 6. The van der Waals surface area contributed by atoms with Crippen LogP contribution >= 0.6 is 35.0 Å². The molecular formula is C17H19Cl2NS. The maximum Gasteiger partial charge on any atom is 0.0461 e. The Hall–Kier alpha value is -0.670. The van der Waals surface area contributed by atoms with E-state index in [2.05, 4.69) is 43.4 Å². The molecule has 1 N–H and O–H groups in total. The van der Waals surface area contributed by atoms with Gasteiger partial charge < -0.3 is 5.32 Å². The predicted molar refractivity (Wildman–Crippen MR) is 94.4 cm³/mol. The van der Waals surface area contributed by atoms with Gasteiger partial charge in [-0.15, -0.1) is 11.8 Å². The molecule has 0 saturated carbocycles. The quantitative estimate of drug-likeness (QED) is 0.669. The van der Waals surface area contributed by atoms with Crippen molar-refractivity contribution in [2.45, 2.75) is 37.1 Å². The number of benzene rings is 2. The van der Waals surface area contributed by atoms with Gasteiger partial charge in [-0.25, -0.2) is 0 Å². The van der Waals surface area contributed by atoms with E-state index in [0.717, 1.165) is 27.9 Å². The molecule has 2 aromatic rings. The molecule has 0 bridgehead atoms. The van der Waals surface area contributed by atoms with Crippen molar-refractivity contribution in [3.05, 3.63) is 63.6 Å². The number of halogens is 2. The molecule has 2 aromatic carbocycles. The maximum atomic E-state index is 6.20. The fraction of sp³-hybridized carbons (Fsp3) is 0.294. The second-order valence-electron chi connectivity index (χ2n) is 5.17. The number of nitrogens with one attached hydrogen (secondary N) is 1. The second-order valence-corrected chi connectivity index (χ2v) is 7.04. The Kier molecular flexibility index (Phi) is 6.43. The van der Waals surface area contributed by atoms with Crippen LogP contribution in [0.25, 0.3) is 0 Å². The van der Waals surface area contributed by atoms with E-state index in [1.165, 1.54) is 10.5 Å². The lowest BCUT2D eigenvalue weighted by Gasteiger charge is -2.10. The van der Waals surface area contributed by atoms with Gasteiger partial charge in [-0.2, -0.15) is 0 Å². The van der Waals surface area contributed by atoms with Crippen molar-refractivity contribution in [1.29, 1.82) is 0 Å². The van der Waals surface area contributed by atoms with Crippen molar-refractivity contribution in [3.8, 4) is 0 Å². The average molecular weight is 340 g/mol. The zero-order valence-corrected chi connectivity index (χ0v) is 14.5. The van der Waals surface area contributed by atoms with Crippen LogP contribution in [0, 0.1) is 0 Å². The van der Waals surface area contributed by atoms with Gasteiger partial charge in [0.25, 0.3) is 0 Å². The van der Waals surface area contributed by atoms with Crippen molar-refractivity contribution in [2.24, 2.45) is 0 Å². The van der Waals surface area contributed by atoms with Crippen LogP contribution in [-0.2, 0) is 12.3 Å². The van der Waals surface area contributed by atoms with Crippen molar-refractivity contribution in [1.82, 2.24) is 5.32 Å². The highest BCUT2D eigenvalue weighted by atomic mass is 35.5. The summed E-state index contributed by atoms with van der Waals surface area (Å²) in [5, 5.41) is 4.89. The summed E-state index contributed by atoms with van der Waals surface area (Å²) in [5.41, 5.74) is 2.29.